The van der Waals surface area contributed by atoms with Crippen molar-refractivity contribution in [2.45, 2.75) is 24.9 Å². The summed E-state index contributed by atoms with van der Waals surface area (Å²) >= 11 is 0. The van der Waals surface area contributed by atoms with Crippen LogP contribution in [0.15, 0.2) is 0 Å². The normalized spacial score (nSPS) is 34.2. The second-order valence-corrected chi connectivity index (χ2v) is 6.55. The highest BCUT2D eigenvalue weighted by Gasteiger charge is 2.36. The van der Waals surface area contributed by atoms with E-state index >= 15 is 0 Å². The van der Waals surface area contributed by atoms with Gasteiger partial charge in [0.2, 0.25) is 5.50 Å². The number of nitrogens with zero attached hydrogens (tertiary/aromatic N) is 3. The first-order valence-electron chi connectivity index (χ1n) is 5.23. The van der Waals surface area contributed by atoms with Crippen LogP contribution in [0.25, 0.3) is 0 Å². The predicted molar refractivity (Wildman–Crippen MR) is 67.8 cm³/mol. The highest BCUT2D eigenvalue weighted by molar-refractivity contribution is 8.83. The summed E-state index contributed by atoms with van der Waals surface area (Å²) in [7, 11) is 10.1. The molecule has 0 aromatic heterocycles. The predicted octanol–water partition coefficient (Wildman–Crippen LogP) is -2.17. The molecule has 2 unspecified atom stereocenters. The van der Waals surface area contributed by atoms with Gasteiger partial charge in [-0.3, -0.25) is 4.90 Å². The van der Waals surface area contributed by atoms with Gasteiger partial charge in [-0.1, -0.05) is 0 Å². The van der Waals surface area contributed by atoms with Gasteiger partial charge in [0.05, 0.1) is 6.04 Å². The SMILES string of the molecule is CC1CC[N+](=C2NC(N(C)C)SS2)N1C.[I-]. The van der Waals surface area contributed by atoms with Crippen molar-refractivity contribution < 1.29 is 28.7 Å². The molecule has 2 aliphatic heterocycles. The van der Waals surface area contributed by atoms with Crippen LogP contribution in [-0.4, -0.2) is 59.0 Å². The molecule has 2 saturated heterocycles. The highest BCUT2D eigenvalue weighted by Crippen LogP contribution is 2.34. The maximum absolute atomic E-state index is 3.54. The Kier molecular flexibility index (Phi) is 5.53. The molecule has 0 spiro atoms. The molecular weight excluding hydrogens is 355 g/mol. The third-order valence-electron chi connectivity index (χ3n) is 2.95. The zero-order valence-corrected chi connectivity index (χ0v) is 13.9. The van der Waals surface area contributed by atoms with Crippen LogP contribution in [-0.2, 0) is 0 Å². The molecule has 0 aromatic rings. The fourth-order valence-corrected chi connectivity index (χ4v) is 4.38. The van der Waals surface area contributed by atoms with E-state index in [1.807, 2.05) is 21.6 Å². The van der Waals surface area contributed by atoms with Crippen LogP contribution in [0, 0.1) is 0 Å². The fourth-order valence-electron chi connectivity index (χ4n) is 1.71. The van der Waals surface area contributed by atoms with Gasteiger partial charge in [-0.15, -0.1) is 0 Å². The molecule has 1 N–H and O–H groups in total. The molecule has 0 aliphatic carbocycles. The van der Waals surface area contributed by atoms with Gasteiger partial charge in [-0.05, 0) is 31.8 Å². The first kappa shape index (κ1) is 14.7. The van der Waals surface area contributed by atoms with Gasteiger partial charge in [0.25, 0.3) is 0 Å². The van der Waals surface area contributed by atoms with Gasteiger partial charge in [0.1, 0.15) is 6.54 Å². The summed E-state index contributed by atoms with van der Waals surface area (Å²) in [5, 5.41) is 7.15. The van der Waals surface area contributed by atoms with Crippen molar-refractivity contribution in [2.24, 2.45) is 0 Å². The minimum Gasteiger partial charge on any atom is -1.00 e. The van der Waals surface area contributed by atoms with Crippen molar-refractivity contribution in [1.82, 2.24) is 15.2 Å². The Labute approximate surface area is 123 Å². The van der Waals surface area contributed by atoms with E-state index in [4.69, 9.17) is 0 Å². The molecule has 2 atom stereocenters. The van der Waals surface area contributed by atoms with Crippen LogP contribution in [0.5, 0.6) is 0 Å². The van der Waals surface area contributed by atoms with E-state index in [9.17, 15) is 0 Å². The molecule has 2 aliphatic rings. The quantitative estimate of drug-likeness (QED) is 0.320. The van der Waals surface area contributed by atoms with E-state index in [1.54, 1.807) is 0 Å². The van der Waals surface area contributed by atoms with E-state index in [1.165, 1.54) is 11.6 Å². The lowest BCUT2D eigenvalue weighted by atomic mass is 10.3. The van der Waals surface area contributed by atoms with E-state index in [2.05, 4.69) is 48.0 Å². The van der Waals surface area contributed by atoms with Crippen molar-refractivity contribution in [1.29, 1.82) is 0 Å². The van der Waals surface area contributed by atoms with Crippen LogP contribution in [0.3, 0.4) is 0 Å². The summed E-state index contributed by atoms with van der Waals surface area (Å²) in [6.07, 6.45) is 1.25. The summed E-state index contributed by atoms with van der Waals surface area (Å²) in [5.41, 5.74) is 0.398. The Morgan fingerprint density at radius 1 is 1.50 bits per heavy atom. The third-order valence-corrected chi connectivity index (χ3v) is 5.56. The first-order valence-corrected chi connectivity index (χ1v) is 7.44. The fraction of sp³-hybridized carbons (Fsp3) is 0.889. The molecule has 16 heavy (non-hydrogen) atoms. The number of hydrazone groups is 1. The molecule has 0 saturated carbocycles. The minimum atomic E-state index is 0. The van der Waals surface area contributed by atoms with Crippen LogP contribution < -0.4 is 29.3 Å². The standard InChI is InChI=1S/C9H18N4S2.HI/c1-7-5-6-13(12(7)4)9-10-8(11(2)3)14-15-9;/h7-8H,5-6H2,1-4H3;1H. The Hall–Kier alpha value is 0.660. The largest absolute Gasteiger partial charge is 1.00 e. The van der Waals surface area contributed by atoms with E-state index in [0.717, 1.165) is 6.54 Å². The third kappa shape index (κ3) is 2.91. The molecule has 94 valence electrons. The number of hydrogen-bond acceptors (Lipinski definition) is 4. The van der Waals surface area contributed by atoms with E-state index in [-0.39, 0.29) is 24.0 Å². The van der Waals surface area contributed by atoms with Crippen molar-refractivity contribution >= 4 is 26.8 Å². The number of hydrogen-bond donors (Lipinski definition) is 1. The number of halogens is 1. The smallest absolute Gasteiger partial charge is 0.342 e. The average Bonchev–Trinajstić information content (AvgIpc) is 2.76. The Balaban J connectivity index is 0.00000128. The summed E-state index contributed by atoms with van der Waals surface area (Å²) in [6, 6.07) is 0.656. The number of hydrazine groups is 1. The summed E-state index contributed by atoms with van der Waals surface area (Å²) in [5.74, 6) is 0. The van der Waals surface area contributed by atoms with E-state index in [0.29, 0.717) is 11.5 Å². The molecule has 0 aromatic carbocycles. The topological polar surface area (TPSA) is 21.5 Å². The molecule has 0 amide bonds. The lowest BCUT2D eigenvalue weighted by molar-refractivity contribution is -0.664. The number of rotatable bonds is 1. The van der Waals surface area contributed by atoms with Crippen LogP contribution in [0.4, 0.5) is 0 Å². The van der Waals surface area contributed by atoms with Gasteiger partial charge in [0, 0.05) is 24.3 Å². The maximum Gasteiger partial charge on any atom is 0.342 e. The minimum absolute atomic E-state index is 0. The second-order valence-electron chi connectivity index (χ2n) is 4.28. The zero-order valence-electron chi connectivity index (χ0n) is 10.1. The van der Waals surface area contributed by atoms with Crippen LogP contribution >= 0.6 is 21.6 Å². The van der Waals surface area contributed by atoms with E-state index < -0.39 is 0 Å². The molecule has 2 heterocycles. The second kappa shape index (κ2) is 6.01. The summed E-state index contributed by atoms with van der Waals surface area (Å²) in [4.78, 5) is 2.20. The molecular formula is C9H19IN4S2. The Morgan fingerprint density at radius 3 is 2.62 bits per heavy atom. The molecule has 4 nitrogen and oxygen atoms in total. The molecule has 7 heteroatoms. The number of nitrogens with one attached hydrogen (secondary N) is 1. The van der Waals surface area contributed by atoms with Crippen molar-refractivity contribution in [3.8, 4) is 0 Å². The van der Waals surface area contributed by atoms with Crippen LogP contribution in [0.2, 0.25) is 0 Å². The van der Waals surface area contributed by atoms with Crippen molar-refractivity contribution in [3.63, 3.8) is 0 Å². The molecule has 0 radical (unpaired) electrons. The van der Waals surface area contributed by atoms with Crippen molar-refractivity contribution in [2.75, 3.05) is 27.7 Å². The lowest BCUT2D eigenvalue weighted by Gasteiger charge is -2.17. The zero-order chi connectivity index (χ0) is 11.0. The van der Waals surface area contributed by atoms with Crippen LogP contribution in [0.1, 0.15) is 13.3 Å². The molecule has 0 bridgehead atoms. The van der Waals surface area contributed by atoms with Crippen molar-refractivity contribution in [3.05, 3.63) is 0 Å². The van der Waals surface area contributed by atoms with Gasteiger partial charge in [0.15, 0.2) is 0 Å². The monoisotopic (exact) mass is 374 g/mol. The lowest BCUT2D eigenvalue weighted by Crippen LogP contribution is -3.00. The number of amidine groups is 1. The highest BCUT2D eigenvalue weighted by atomic mass is 127. The van der Waals surface area contributed by atoms with Gasteiger partial charge in [-0.2, -0.15) is 4.68 Å². The van der Waals surface area contributed by atoms with Gasteiger partial charge in [-0.25, -0.2) is 10.3 Å². The average molecular weight is 374 g/mol. The molecule has 2 fully saturated rings. The molecule has 2 rings (SSSR count). The maximum atomic E-state index is 3.54. The summed E-state index contributed by atoms with van der Waals surface area (Å²) in [6.45, 7) is 3.41. The Morgan fingerprint density at radius 2 is 2.19 bits per heavy atom. The first-order chi connectivity index (χ1) is 7.09. The van der Waals surface area contributed by atoms with Gasteiger partial charge >= 0.3 is 5.17 Å². The summed E-state index contributed by atoms with van der Waals surface area (Å²) < 4.78 is 2.35. The van der Waals surface area contributed by atoms with Gasteiger partial charge < -0.3 is 24.0 Å². The Bertz CT molecular complexity index is 285.